The average Bonchev–Trinajstić information content (AvgIpc) is 3.82. The molecule has 2 fully saturated rings. The van der Waals surface area contributed by atoms with E-state index in [0.717, 1.165) is 86.7 Å². The Balaban J connectivity index is 0.768. The third-order valence-electron chi connectivity index (χ3n) is 12.0. The van der Waals surface area contributed by atoms with Crippen LogP contribution >= 0.6 is 0 Å². The molecule has 4 aromatic carbocycles. The van der Waals surface area contributed by atoms with Crippen molar-refractivity contribution in [2.75, 3.05) is 102 Å². The second kappa shape index (κ2) is 17.1. The smallest absolute Gasteiger partial charge is 0.423 e. The Bertz CT molecular complexity index is 2450. The van der Waals surface area contributed by atoms with Gasteiger partial charge in [-0.2, -0.15) is 0 Å². The largest absolute Gasteiger partial charge is 0.486 e. The van der Waals surface area contributed by atoms with Crippen LogP contribution in [0.25, 0.3) is 21.8 Å². The Morgan fingerprint density at radius 1 is 0.516 bits per heavy atom. The Morgan fingerprint density at radius 3 is 1.37 bits per heavy atom. The second-order valence-corrected chi connectivity index (χ2v) is 15.7. The topological polar surface area (TPSA) is 112 Å². The normalized spacial score (nSPS) is 16.8. The number of halogens is 2. The molecule has 0 amide bonds. The third kappa shape index (κ3) is 8.02. The van der Waals surface area contributed by atoms with E-state index in [-0.39, 0.29) is 11.5 Å². The van der Waals surface area contributed by atoms with Crippen LogP contribution in [0.1, 0.15) is 0 Å². The predicted octanol–water partition coefficient (Wildman–Crippen LogP) is 5.57. The van der Waals surface area contributed by atoms with Gasteiger partial charge in [-0.25, -0.2) is 18.4 Å². The number of nitrogens with zero attached hydrogens (tertiary/aromatic N) is 6. The molecule has 2 aromatic heterocycles. The van der Waals surface area contributed by atoms with Gasteiger partial charge in [0.1, 0.15) is 38.1 Å². The van der Waals surface area contributed by atoms with Crippen molar-refractivity contribution in [3.63, 3.8) is 0 Å². The molecule has 322 valence electrons. The van der Waals surface area contributed by atoms with Crippen LogP contribution in [0.2, 0.25) is 0 Å². The number of ether oxygens (including phenoxy) is 6. The first-order valence-corrected chi connectivity index (χ1v) is 21.1. The van der Waals surface area contributed by atoms with E-state index in [9.17, 15) is 18.4 Å². The number of aromatic nitrogens is 2. The molecule has 0 N–H and O–H groups in total. The minimum atomic E-state index is -1.28. The van der Waals surface area contributed by atoms with E-state index in [0.29, 0.717) is 74.4 Å². The molecule has 62 heavy (non-hydrogen) atoms. The highest BCUT2D eigenvalue weighted by molar-refractivity contribution is 6.31. The molecular weight excluding hydrogens is 803 g/mol. The summed E-state index contributed by atoms with van der Waals surface area (Å²) in [6, 6.07) is 20.4. The number of esters is 2. The summed E-state index contributed by atoms with van der Waals surface area (Å²) in [4.78, 5) is 35.9. The number of carbonyl (C=O) groups is 2. The quantitative estimate of drug-likeness (QED) is 0.127. The van der Waals surface area contributed by atoms with Gasteiger partial charge in [0.2, 0.25) is 0 Å². The van der Waals surface area contributed by atoms with Gasteiger partial charge in [-0.05, 0) is 60.7 Å². The zero-order valence-electron chi connectivity index (χ0n) is 34.1. The van der Waals surface area contributed by atoms with Crippen molar-refractivity contribution < 1.29 is 46.8 Å². The van der Waals surface area contributed by atoms with Crippen molar-refractivity contribution >= 4 is 45.1 Å². The molecular formula is C46H46F2N6O8. The fourth-order valence-electron chi connectivity index (χ4n) is 8.83. The fourth-order valence-corrected chi connectivity index (χ4v) is 8.83. The SMILES string of the molecule is O=C(Oc1cn(CCN2CCN(c3cccc4c3OCCO4)CC2)c2ccc(F)cc12)C(=O)Oc1cn(CCN2CCN(c3cccc4c3OCCO4)CC2)c2ccc(F)cc12. The summed E-state index contributed by atoms with van der Waals surface area (Å²) < 4.78 is 67.5. The molecule has 0 spiro atoms. The van der Waals surface area contributed by atoms with Gasteiger partial charge in [-0.15, -0.1) is 0 Å². The van der Waals surface area contributed by atoms with Crippen molar-refractivity contribution in [1.29, 1.82) is 0 Å². The van der Waals surface area contributed by atoms with E-state index in [1.165, 1.54) is 24.3 Å². The standard InChI is InChI=1S/C46H46F2N6O8/c47-31-7-9-35-33(27-31)41(29-53(35)21-15-49-11-17-51(18-12-49)37-3-1-5-39-43(37)59-25-23-57-39)61-45(55)46(56)62-42-30-54(36-10-8-32(48)28-34(36)42)22-16-50-13-19-52(20-14-50)38-4-2-6-40-44(38)60-26-24-58-40/h1-10,27-30H,11-26H2. The van der Waals surface area contributed by atoms with Gasteiger partial charge >= 0.3 is 11.9 Å². The number of rotatable bonds is 10. The van der Waals surface area contributed by atoms with Crippen molar-refractivity contribution in [2.45, 2.75) is 13.1 Å². The van der Waals surface area contributed by atoms with E-state index in [1.54, 1.807) is 24.5 Å². The second-order valence-electron chi connectivity index (χ2n) is 15.7. The molecule has 4 aliphatic rings. The molecule has 0 bridgehead atoms. The Labute approximate surface area is 356 Å². The molecule has 2 saturated heterocycles. The monoisotopic (exact) mass is 848 g/mol. The highest BCUT2D eigenvalue weighted by atomic mass is 19.1. The van der Waals surface area contributed by atoms with Gasteiger partial charge in [0.05, 0.1) is 22.4 Å². The maximum atomic E-state index is 14.6. The molecule has 0 aliphatic carbocycles. The fraction of sp³-hybridized carbons (Fsp3) is 0.348. The third-order valence-corrected chi connectivity index (χ3v) is 12.0. The molecule has 0 saturated carbocycles. The number of carbonyl (C=O) groups excluding carboxylic acids is 2. The summed E-state index contributed by atoms with van der Waals surface area (Å²) in [7, 11) is 0. The number of fused-ring (bicyclic) bond motifs is 4. The van der Waals surface area contributed by atoms with Crippen LogP contribution in [0.3, 0.4) is 0 Å². The van der Waals surface area contributed by atoms with Crippen LogP contribution < -0.4 is 38.2 Å². The summed E-state index contributed by atoms with van der Waals surface area (Å²) >= 11 is 0. The molecule has 0 radical (unpaired) electrons. The van der Waals surface area contributed by atoms with Gasteiger partial charge in [0.15, 0.2) is 34.5 Å². The van der Waals surface area contributed by atoms with Crippen LogP contribution in [0, 0.1) is 11.6 Å². The lowest BCUT2D eigenvalue weighted by Gasteiger charge is -2.37. The van der Waals surface area contributed by atoms with E-state index in [2.05, 4.69) is 31.7 Å². The molecule has 14 nitrogen and oxygen atoms in total. The minimum Gasteiger partial charge on any atom is -0.486 e. The molecule has 4 aliphatic heterocycles. The summed E-state index contributed by atoms with van der Waals surface area (Å²) in [6.07, 6.45) is 3.21. The van der Waals surface area contributed by atoms with E-state index < -0.39 is 23.6 Å². The van der Waals surface area contributed by atoms with E-state index >= 15 is 0 Å². The van der Waals surface area contributed by atoms with Crippen LogP contribution in [0.15, 0.2) is 85.2 Å². The van der Waals surface area contributed by atoms with Crippen LogP contribution in [-0.4, -0.2) is 123 Å². The number of hydrogen-bond donors (Lipinski definition) is 0. The van der Waals surface area contributed by atoms with Crippen molar-refractivity contribution in [1.82, 2.24) is 18.9 Å². The minimum absolute atomic E-state index is 0.0314. The first-order chi connectivity index (χ1) is 30.3. The lowest BCUT2D eigenvalue weighted by atomic mass is 10.2. The van der Waals surface area contributed by atoms with Gasteiger partial charge in [0, 0.05) is 102 Å². The van der Waals surface area contributed by atoms with Gasteiger partial charge < -0.3 is 47.4 Å². The molecule has 10 rings (SSSR count). The molecule has 0 unspecified atom stereocenters. The van der Waals surface area contributed by atoms with Gasteiger partial charge in [0.25, 0.3) is 0 Å². The molecule has 6 aromatic rings. The first-order valence-electron chi connectivity index (χ1n) is 21.1. The Morgan fingerprint density at radius 2 is 0.935 bits per heavy atom. The average molecular weight is 849 g/mol. The van der Waals surface area contributed by atoms with Crippen molar-refractivity contribution in [3.05, 3.63) is 96.8 Å². The van der Waals surface area contributed by atoms with Crippen LogP contribution in [0.5, 0.6) is 34.5 Å². The summed E-state index contributed by atoms with van der Waals surface area (Å²) in [5.41, 5.74) is 3.35. The maximum absolute atomic E-state index is 14.6. The Kier molecular flexibility index (Phi) is 10.9. The lowest BCUT2D eigenvalue weighted by Crippen LogP contribution is -2.47. The van der Waals surface area contributed by atoms with E-state index in [1.807, 2.05) is 33.4 Å². The number of para-hydroxylation sites is 2. The zero-order chi connectivity index (χ0) is 42.2. The van der Waals surface area contributed by atoms with Crippen LogP contribution in [0.4, 0.5) is 20.2 Å². The molecule has 6 heterocycles. The summed E-state index contributed by atoms with van der Waals surface area (Å²) in [5, 5.41) is 0.689. The highest BCUT2D eigenvalue weighted by Crippen LogP contribution is 2.41. The number of piperazine rings is 2. The van der Waals surface area contributed by atoms with Crippen molar-refractivity contribution in [3.8, 4) is 34.5 Å². The highest BCUT2D eigenvalue weighted by Gasteiger charge is 2.28. The Hall–Kier alpha value is -6.52. The summed E-state index contributed by atoms with van der Waals surface area (Å²) in [5.74, 6) is -0.426. The van der Waals surface area contributed by atoms with Gasteiger partial charge in [-0.1, -0.05) is 12.1 Å². The van der Waals surface area contributed by atoms with E-state index in [4.69, 9.17) is 28.4 Å². The maximum Gasteiger partial charge on any atom is 0.423 e. The number of benzene rings is 4. The lowest BCUT2D eigenvalue weighted by molar-refractivity contribution is -0.156. The molecule has 16 heteroatoms. The van der Waals surface area contributed by atoms with Crippen molar-refractivity contribution in [2.24, 2.45) is 0 Å². The predicted molar refractivity (Wildman–Crippen MR) is 227 cm³/mol. The number of anilines is 2. The van der Waals surface area contributed by atoms with Gasteiger partial charge in [-0.3, -0.25) is 9.80 Å². The summed E-state index contributed by atoms with van der Waals surface area (Å²) in [6.45, 7) is 11.0. The first kappa shape index (κ1) is 39.6. The molecule has 0 atom stereocenters. The van der Waals surface area contributed by atoms with Crippen LogP contribution in [-0.2, 0) is 22.7 Å². The zero-order valence-corrected chi connectivity index (χ0v) is 34.1. The number of hydrogen-bond acceptors (Lipinski definition) is 12.